The van der Waals surface area contributed by atoms with Crippen molar-refractivity contribution < 1.29 is 4.74 Å². The van der Waals surface area contributed by atoms with Crippen LogP contribution < -0.4 is 0 Å². The summed E-state index contributed by atoms with van der Waals surface area (Å²) in [5, 5.41) is 3.44. The van der Waals surface area contributed by atoms with Gasteiger partial charge in [-0.3, -0.25) is 0 Å². The van der Waals surface area contributed by atoms with Crippen molar-refractivity contribution in [3.63, 3.8) is 0 Å². The molecule has 0 aliphatic carbocycles. The highest BCUT2D eigenvalue weighted by atomic mass is 32.1. The first-order valence-corrected chi connectivity index (χ1v) is 5.71. The van der Waals surface area contributed by atoms with Crippen molar-refractivity contribution in [3.8, 4) is 0 Å². The first-order chi connectivity index (χ1) is 6.75. The molecule has 1 nitrogen and oxygen atoms in total. The standard InChI is InChI=1S/C12H14OS/c1-9(2)13-8-10-3-4-12-11(7-10)5-6-14-12/h3-7,9H,8H2,1-2H3. The Hall–Kier alpha value is -0.860. The predicted octanol–water partition coefficient (Wildman–Crippen LogP) is 3.83. The van der Waals surface area contributed by atoms with E-state index in [4.69, 9.17) is 4.74 Å². The Morgan fingerprint density at radius 1 is 1.29 bits per heavy atom. The Kier molecular flexibility index (Phi) is 2.85. The Balaban J connectivity index is 2.17. The highest BCUT2D eigenvalue weighted by molar-refractivity contribution is 7.17. The summed E-state index contributed by atoms with van der Waals surface area (Å²) in [5.41, 5.74) is 1.25. The Morgan fingerprint density at radius 3 is 2.93 bits per heavy atom. The maximum atomic E-state index is 5.56. The first-order valence-electron chi connectivity index (χ1n) is 4.83. The Labute approximate surface area is 88.3 Å². The van der Waals surface area contributed by atoms with Gasteiger partial charge in [0.1, 0.15) is 0 Å². The van der Waals surface area contributed by atoms with Crippen LogP contribution in [0.15, 0.2) is 29.6 Å². The van der Waals surface area contributed by atoms with Gasteiger partial charge in [-0.05, 0) is 48.4 Å². The Morgan fingerprint density at radius 2 is 2.14 bits per heavy atom. The second kappa shape index (κ2) is 4.11. The van der Waals surface area contributed by atoms with Crippen molar-refractivity contribution >= 4 is 21.4 Å². The number of thiophene rings is 1. The molecule has 0 bridgehead atoms. The largest absolute Gasteiger partial charge is 0.374 e. The van der Waals surface area contributed by atoms with Crippen LogP contribution in [0.4, 0.5) is 0 Å². The summed E-state index contributed by atoms with van der Waals surface area (Å²) in [6.45, 7) is 4.83. The molecule has 0 atom stereocenters. The average molecular weight is 206 g/mol. The molecular weight excluding hydrogens is 192 g/mol. The van der Waals surface area contributed by atoms with Gasteiger partial charge < -0.3 is 4.74 Å². The lowest BCUT2D eigenvalue weighted by atomic mass is 10.2. The molecule has 0 saturated carbocycles. The molecule has 2 aromatic rings. The molecule has 14 heavy (non-hydrogen) atoms. The summed E-state index contributed by atoms with van der Waals surface area (Å²) >= 11 is 1.78. The summed E-state index contributed by atoms with van der Waals surface area (Å²) in [5.74, 6) is 0. The maximum Gasteiger partial charge on any atom is 0.0720 e. The highest BCUT2D eigenvalue weighted by Gasteiger charge is 1.99. The van der Waals surface area contributed by atoms with Gasteiger partial charge in [-0.15, -0.1) is 11.3 Å². The number of benzene rings is 1. The zero-order valence-corrected chi connectivity index (χ0v) is 9.30. The van der Waals surface area contributed by atoms with Crippen LogP contribution in [-0.2, 0) is 11.3 Å². The lowest BCUT2D eigenvalue weighted by Gasteiger charge is -2.07. The van der Waals surface area contributed by atoms with E-state index in [2.05, 4.69) is 43.5 Å². The molecule has 2 heteroatoms. The molecule has 0 aliphatic heterocycles. The van der Waals surface area contributed by atoms with Gasteiger partial charge in [0.2, 0.25) is 0 Å². The lowest BCUT2D eigenvalue weighted by molar-refractivity contribution is 0.0658. The van der Waals surface area contributed by atoms with Gasteiger partial charge in [0.25, 0.3) is 0 Å². The predicted molar refractivity (Wildman–Crippen MR) is 61.8 cm³/mol. The number of hydrogen-bond donors (Lipinski definition) is 0. The summed E-state index contributed by atoms with van der Waals surface area (Å²) in [6.07, 6.45) is 0.299. The van der Waals surface area contributed by atoms with E-state index in [0.717, 1.165) is 0 Å². The molecule has 74 valence electrons. The Bertz CT molecular complexity index is 417. The van der Waals surface area contributed by atoms with Crippen LogP contribution in [0.25, 0.3) is 10.1 Å². The molecular formula is C12H14OS. The van der Waals surface area contributed by atoms with E-state index < -0.39 is 0 Å². The molecule has 0 amide bonds. The van der Waals surface area contributed by atoms with Crippen molar-refractivity contribution in [3.05, 3.63) is 35.2 Å². The minimum atomic E-state index is 0.299. The summed E-state index contributed by atoms with van der Waals surface area (Å²) < 4.78 is 6.90. The summed E-state index contributed by atoms with van der Waals surface area (Å²) in [4.78, 5) is 0. The number of fused-ring (bicyclic) bond motifs is 1. The van der Waals surface area contributed by atoms with Crippen LogP contribution in [0.5, 0.6) is 0 Å². The fraction of sp³-hybridized carbons (Fsp3) is 0.333. The van der Waals surface area contributed by atoms with E-state index in [9.17, 15) is 0 Å². The second-order valence-electron chi connectivity index (χ2n) is 3.65. The lowest BCUT2D eigenvalue weighted by Crippen LogP contribution is -2.01. The highest BCUT2D eigenvalue weighted by Crippen LogP contribution is 2.22. The van der Waals surface area contributed by atoms with Gasteiger partial charge in [0.05, 0.1) is 12.7 Å². The fourth-order valence-corrected chi connectivity index (χ4v) is 2.14. The molecule has 0 unspecified atom stereocenters. The van der Waals surface area contributed by atoms with Crippen LogP contribution in [-0.4, -0.2) is 6.10 Å². The number of hydrogen-bond acceptors (Lipinski definition) is 2. The van der Waals surface area contributed by atoms with Crippen LogP contribution in [0.2, 0.25) is 0 Å². The van der Waals surface area contributed by atoms with Crippen LogP contribution in [0.3, 0.4) is 0 Å². The van der Waals surface area contributed by atoms with Crippen molar-refractivity contribution in [2.45, 2.75) is 26.6 Å². The van der Waals surface area contributed by atoms with E-state index in [1.165, 1.54) is 15.6 Å². The quantitative estimate of drug-likeness (QED) is 0.741. The van der Waals surface area contributed by atoms with Gasteiger partial charge in [0, 0.05) is 4.70 Å². The molecule has 0 fully saturated rings. The smallest absolute Gasteiger partial charge is 0.0720 e. The third-order valence-electron chi connectivity index (χ3n) is 2.10. The number of rotatable bonds is 3. The molecule has 1 aromatic carbocycles. The maximum absolute atomic E-state index is 5.56. The molecule has 0 radical (unpaired) electrons. The molecule has 2 rings (SSSR count). The van der Waals surface area contributed by atoms with Gasteiger partial charge in [-0.25, -0.2) is 0 Å². The van der Waals surface area contributed by atoms with E-state index in [0.29, 0.717) is 12.7 Å². The SMILES string of the molecule is CC(C)OCc1ccc2sccc2c1. The van der Waals surface area contributed by atoms with E-state index in [-0.39, 0.29) is 0 Å². The number of ether oxygens (including phenoxy) is 1. The summed E-state index contributed by atoms with van der Waals surface area (Å²) in [7, 11) is 0. The van der Waals surface area contributed by atoms with Gasteiger partial charge in [0.15, 0.2) is 0 Å². The molecule has 0 N–H and O–H groups in total. The molecule has 0 saturated heterocycles. The zero-order valence-electron chi connectivity index (χ0n) is 8.49. The summed E-state index contributed by atoms with van der Waals surface area (Å²) in [6, 6.07) is 8.66. The first kappa shape index (κ1) is 9.69. The average Bonchev–Trinajstić information content (AvgIpc) is 2.61. The molecule has 0 aliphatic rings. The second-order valence-corrected chi connectivity index (χ2v) is 4.60. The van der Waals surface area contributed by atoms with Crippen molar-refractivity contribution in [2.75, 3.05) is 0 Å². The van der Waals surface area contributed by atoms with Gasteiger partial charge >= 0.3 is 0 Å². The van der Waals surface area contributed by atoms with Crippen molar-refractivity contribution in [1.29, 1.82) is 0 Å². The van der Waals surface area contributed by atoms with Crippen LogP contribution in [0, 0.1) is 0 Å². The topological polar surface area (TPSA) is 9.23 Å². The zero-order chi connectivity index (χ0) is 9.97. The normalized spacial score (nSPS) is 11.4. The van der Waals surface area contributed by atoms with E-state index in [1.54, 1.807) is 11.3 Å². The third kappa shape index (κ3) is 2.14. The minimum Gasteiger partial charge on any atom is -0.374 e. The van der Waals surface area contributed by atoms with Crippen molar-refractivity contribution in [1.82, 2.24) is 0 Å². The van der Waals surface area contributed by atoms with Gasteiger partial charge in [-0.1, -0.05) is 6.07 Å². The molecule has 1 heterocycles. The third-order valence-corrected chi connectivity index (χ3v) is 3.00. The minimum absolute atomic E-state index is 0.299. The fourth-order valence-electron chi connectivity index (χ4n) is 1.37. The van der Waals surface area contributed by atoms with Crippen molar-refractivity contribution in [2.24, 2.45) is 0 Å². The molecule has 0 spiro atoms. The van der Waals surface area contributed by atoms with Crippen LogP contribution in [0.1, 0.15) is 19.4 Å². The van der Waals surface area contributed by atoms with Gasteiger partial charge in [-0.2, -0.15) is 0 Å². The molecule has 1 aromatic heterocycles. The van der Waals surface area contributed by atoms with Crippen LogP contribution >= 0.6 is 11.3 Å². The van der Waals surface area contributed by atoms with E-state index in [1.807, 2.05) is 0 Å². The monoisotopic (exact) mass is 206 g/mol. The van der Waals surface area contributed by atoms with E-state index >= 15 is 0 Å².